The molecular formula is C48H42N4O4S5. The Bertz CT molecular complexity index is 2510. The lowest BCUT2D eigenvalue weighted by Crippen LogP contribution is -2.34. The van der Waals surface area contributed by atoms with Crippen molar-refractivity contribution in [1.29, 1.82) is 0 Å². The Morgan fingerprint density at radius 3 is 1.18 bits per heavy atom. The van der Waals surface area contributed by atoms with E-state index in [0.29, 0.717) is 11.4 Å². The number of nitrogens with one attached hydrogen (secondary N) is 2. The third-order valence-corrected chi connectivity index (χ3v) is 15.6. The van der Waals surface area contributed by atoms with Crippen LogP contribution >= 0.6 is 48.0 Å². The molecule has 13 heteroatoms. The number of thioether (sulfide) groups is 2. The van der Waals surface area contributed by atoms with Crippen LogP contribution in [0, 0.1) is 0 Å². The Hall–Kier alpha value is -5.31. The summed E-state index contributed by atoms with van der Waals surface area (Å²) < 4.78 is 28.6. The largest absolute Gasteiger partial charge is 0.353 e. The van der Waals surface area contributed by atoms with E-state index >= 15 is 0 Å². The van der Waals surface area contributed by atoms with Gasteiger partial charge in [0.1, 0.15) is 8.64 Å². The maximum absolute atomic E-state index is 13.6. The molecule has 8 rings (SSSR count). The molecule has 2 amide bonds. The first kappa shape index (κ1) is 42.4. The van der Waals surface area contributed by atoms with Crippen LogP contribution in [0.3, 0.4) is 0 Å². The standard InChI is InChI=1S/C48H42N4O4S5/c53-45(31-59-47(57)51-27-25-33-5-1-3-7-39(33)29-51)49-41-17-9-35(10-18-41)37-13-21-43(22-14-37)61(55,56)44-23-15-38(16-24-44)36-11-19-42(20-12-36)50-46(54)32-60-48(58)52-28-26-34-6-2-4-8-40(34)30-52/h1-24H,25-32H2,(H,49,53)(H,50,54). The molecule has 2 N–H and O–H groups in total. The molecule has 2 aliphatic rings. The van der Waals surface area contributed by atoms with Crippen molar-refractivity contribution in [2.24, 2.45) is 0 Å². The van der Waals surface area contributed by atoms with E-state index < -0.39 is 9.84 Å². The molecule has 2 heterocycles. The molecule has 0 aliphatic carbocycles. The summed E-state index contributed by atoms with van der Waals surface area (Å²) in [6.45, 7) is 3.22. The summed E-state index contributed by atoms with van der Waals surface area (Å²) in [6.07, 6.45) is 1.88. The maximum Gasteiger partial charge on any atom is 0.234 e. The highest BCUT2D eigenvalue weighted by molar-refractivity contribution is 8.23. The van der Waals surface area contributed by atoms with Crippen LogP contribution in [0.15, 0.2) is 155 Å². The van der Waals surface area contributed by atoms with Crippen molar-refractivity contribution >= 4 is 89.6 Å². The SMILES string of the molecule is O=C(CSC(=S)N1CCc2ccccc2C1)Nc1ccc(-c2ccc(S(=O)(=O)c3ccc(-c4ccc(NC(=O)CSC(=S)N5CCc6ccccc6C5)cc4)cc3)cc2)cc1. The minimum absolute atomic E-state index is 0.134. The summed E-state index contributed by atoms with van der Waals surface area (Å²) in [6, 6.07) is 45.3. The number of hydrogen-bond acceptors (Lipinski definition) is 8. The summed E-state index contributed by atoms with van der Waals surface area (Å²) in [5.74, 6) is 0.173. The van der Waals surface area contributed by atoms with Crippen molar-refractivity contribution in [3.8, 4) is 22.3 Å². The molecule has 0 radical (unpaired) electrons. The van der Waals surface area contributed by atoms with Gasteiger partial charge in [-0.25, -0.2) is 8.42 Å². The first-order chi connectivity index (χ1) is 29.6. The monoisotopic (exact) mass is 898 g/mol. The zero-order valence-corrected chi connectivity index (χ0v) is 37.2. The maximum atomic E-state index is 13.6. The van der Waals surface area contributed by atoms with E-state index in [-0.39, 0.29) is 33.1 Å². The number of hydrogen-bond donors (Lipinski definition) is 2. The zero-order valence-electron chi connectivity index (χ0n) is 33.1. The molecule has 6 aromatic rings. The van der Waals surface area contributed by atoms with Crippen LogP contribution in [0.5, 0.6) is 0 Å². The number of rotatable bonds is 10. The first-order valence-electron chi connectivity index (χ1n) is 19.8. The Balaban J connectivity index is 0.797. The van der Waals surface area contributed by atoms with Gasteiger partial charge in [0.15, 0.2) is 0 Å². The van der Waals surface area contributed by atoms with Crippen LogP contribution in [0.1, 0.15) is 22.3 Å². The number of sulfone groups is 1. The van der Waals surface area contributed by atoms with Gasteiger partial charge in [-0.2, -0.15) is 0 Å². The third-order valence-electron chi connectivity index (χ3n) is 10.8. The number of fused-ring (bicyclic) bond motifs is 2. The van der Waals surface area contributed by atoms with Gasteiger partial charge in [0.25, 0.3) is 0 Å². The van der Waals surface area contributed by atoms with Gasteiger partial charge in [-0.1, -0.05) is 145 Å². The zero-order chi connectivity index (χ0) is 42.3. The Labute approximate surface area is 376 Å². The van der Waals surface area contributed by atoms with Gasteiger partial charge in [0, 0.05) is 37.6 Å². The molecule has 0 saturated carbocycles. The van der Waals surface area contributed by atoms with E-state index in [4.69, 9.17) is 24.4 Å². The smallest absolute Gasteiger partial charge is 0.234 e. The second kappa shape index (κ2) is 19.2. The van der Waals surface area contributed by atoms with Gasteiger partial charge in [0.2, 0.25) is 21.7 Å². The third kappa shape index (κ3) is 10.4. The van der Waals surface area contributed by atoms with Gasteiger partial charge in [-0.15, -0.1) is 0 Å². The molecule has 0 atom stereocenters. The van der Waals surface area contributed by atoms with E-state index in [0.717, 1.165) is 69.9 Å². The molecule has 0 unspecified atom stereocenters. The van der Waals surface area contributed by atoms with Crippen molar-refractivity contribution < 1.29 is 18.0 Å². The molecule has 2 aliphatic heterocycles. The number of thiocarbonyl (C=S) groups is 2. The van der Waals surface area contributed by atoms with E-state index in [1.165, 1.54) is 45.8 Å². The number of carbonyl (C=O) groups excluding carboxylic acids is 2. The molecule has 0 bridgehead atoms. The lowest BCUT2D eigenvalue weighted by molar-refractivity contribution is -0.114. The number of amides is 2. The number of carbonyl (C=O) groups is 2. The molecule has 6 aromatic carbocycles. The van der Waals surface area contributed by atoms with E-state index in [9.17, 15) is 18.0 Å². The summed E-state index contributed by atoms with van der Waals surface area (Å²) in [5, 5.41) is 5.89. The van der Waals surface area contributed by atoms with Crippen LogP contribution in [-0.2, 0) is 45.4 Å². The second-order valence-electron chi connectivity index (χ2n) is 14.8. The van der Waals surface area contributed by atoms with Crippen molar-refractivity contribution in [3.05, 3.63) is 168 Å². The summed E-state index contributed by atoms with van der Waals surface area (Å²) >= 11 is 14.0. The van der Waals surface area contributed by atoms with E-state index in [2.05, 4.69) is 56.8 Å². The highest BCUT2D eigenvalue weighted by Crippen LogP contribution is 2.30. The highest BCUT2D eigenvalue weighted by Gasteiger charge is 2.21. The van der Waals surface area contributed by atoms with Crippen molar-refractivity contribution in [2.45, 2.75) is 35.7 Å². The van der Waals surface area contributed by atoms with Gasteiger partial charge in [-0.05, 0) is 106 Å². The minimum Gasteiger partial charge on any atom is -0.353 e. The van der Waals surface area contributed by atoms with Crippen LogP contribution in [-0.4, -0.2) is 63.3 Å². The van der Waals surface area contributed by atoms with Crippen LogP contribution in [0.25, 0.3) is 22.3 Å². The van der Waals surface area contributed by atoms with Gasteiger partial charge in [0.05, 0.1) is 21.3 Å². The molecule has 308 valence electrons. The molecule has 0 spiro atoms. The highest BCUT2D eigenvalue weighted by atomic mass is 32.2. The van der Waals surface area contributed by atoms with Crippen LogP contribution in [0.4, 0.5) is 11.4 Å². The minimum atomic E-state index is -3.76. The predicted molar refractivity (Wildman–Crippen MR) is 258 cm³/mol. The van der Waals surface area contributed by atoms with Gasteiger partial charge < -0.3 is 20.4 Å². The molecule has 0 fully saturated rings. The fourth-order valence-corrected chi connectivity index (χ4v) is 10.7. The number of benzene rings is 6. The Morgan fingerprint density at radius 2 is 0.820 bits per heavy atom. The molecule has 0 aromatic heterocycles. The van der Waals surface area contributed by atoms with Crippen molar-refractivity contribution in [3.63, 3.8) is 0 Å². The second-order valence-corrected chi connectivity index (χ2v) is 20.0. The molecule has 61 heavy (non-hydrogen) atoms. The van der Waals surface area contributed by atoms with E-state index in [1.54, 1.807) is 48.5 Å². The fourth-order valence-electron chi connectivity index (χ4n) is 7.42. The van der Waals surface area contributed by atoms with Crippen molar-refractivity contribution in [1.82, 2.24) is 9.80 Å². The van der Waals surface area contributed by atoms with Gasteiger partial charge >= 0.3 is 0 Å². The average Bonchev–Trinajstić information content (AvgIpc) is 3.30. The van der Waals surface area contributed by atoms with E-state index in [1.807, 2.05) is 60.7 Å². The summed E-state index contributed by atoms with van der Waals surface area (Å²) in [5.41, 5.74) is 10.1. The summed E-state index contributed by atoms with van der Waals surface area (Å²) in [4.78, 5) is 30.2. The van der Waals surface area contributed by atoms with Crippen LogP contribution < -0.4 is 10.6 Å². The molecular weight excluding hydrogens is 857 g/mol. The average molecular weight is 899 g/mol. The first-order valence-corrected chi connectivity index (χ1v) is 24.1. The van der Waals surface area contributed by atoms with Gasteiger partial charge in [-0.3, -0.25) is 9.59 Å². The molecule has 0 saturated heterocycles. The van der Waals surface area contributed by atoms with Crippen LogP contribution in [0.2, 0.25) is 0 Å². The molecule has 8 nitrogen and oxygen atoms in total. The lowest BCUT2D eigenvalue weighted by atomic mass is 10.0. The lowest BCUT2D eigenvalue weighted by Gasteiger charge is -2.30. The number of nitrogens with zero attached hydrogens (tertiary/aromatic N) is 2. The fraction of sp³-hybridized carbons (Fsp3) is 0.167. The number of anilines is 2. The predicted octanol–water partition coefficient (Wildman–Crippen LogP) is 9.88. The normalized spacial score (nSPS) is 13.4. The Kier molecular flexibility index (Phi) is 13.3. The summed E-state index contributed by atoms with van der Waals surface area (Å²) in [7, 11) is -3.76. The topological polar surface area (TPSA) is 98.8 Å². The quantitative estimate of drug-likeness (QED) is 0.129. The Morgan fingerprint density at radius 1 is 0.492 bits per heavy atom. The van der Waals surface area contributed by atoms with Crippen molar-refractivity contribution in [2.75, 3.05) is 35.2 Å².